The minimum absolute atomic E-state index is 0.947. The van der Waals surface area contributed by atoms with Crippen molar-refractivity contribution in [1.29, 1.82) is 0 Å². The van der Waals surface area contributed by atoms with Crippen LogP contribution < -0.4 is 0 Å². The van der Waals surface area contributed by atoms with E-state index in [4.69, 9.17) is 0 Å². The van der Waals surface area contributed by atoms with Gasteiger partial charge < -0.3 is 0 Å². The quantitative estimate of drug-likeness (QED) is 0.188. The smallest absolute Gasteiger partial charge is 0.0353 e. The molecule has 126 valence electrons. The van der Waals surface area contributed by atoms with Gasteiger partial charge in [0.15, 0.2) is 0 Å². The fraction of sp³-hybridized carbons (Fsp3) is 0.905. The van der Waals surface area contributed by atoms with Crippen LogP contribution in [0.4, 0.5) is 0 Å². The van der Waals surface area contributed by atoms with E-state index in [1.807, 2.05) is 6.08 Å². The van der Waals surface area contributed by atoms with Crippen LogP contribution >= 0.6 is 0 Å². The number of hydrogen-bond donors (Lipinski definition) is 0. The third-order valence-corrected chi connectivity index (χ3v) is 4.66. The van der Waals surface area contributed by atoms with E-state index >= 15 is 0 Å². The van der Waals surface area contributed by atoms with Crippen molar-refractivity contribution in [3.05, 3.63) is 12.7 Å². The molecule has 0 aliphatic heterocycles. The first-order valence-electron chi connectivity index (χ1n) is 9.92. The highest BCUT2D eigenvalue weighted by Crippen LogP contribution is 2.18. The standard InChI is InChI=1S/C21H42/c1-4-6-8-10-11-12-13-14-16-18-20-21(3)19-17-15-9-7-5-2/h5,21H,2,4,6-20H2,1,3H3. The van der Waals surface area contributed by atoms with Gasteiger partial charge in [-0.05, 0) is 18.8 Å². The molecule has 1 unspecified atom stereocenters. The molecule has 0 nitrogen and oxygen atoms in total. The maximum atomic E-state index is 3.78. The number of unbranched alkanes of at least 4 members (excludes halogenated alkanes) is 12. The van der Waals surface area contributed by atoms with Gasteiger partial charge in [0.2, 0.25) is 0 Å². The zero-order valence-electron chi connectivity index (χ0n) is 15.2. The third kappa shape index (κ3) is 17.7. The van der Waals surface area contributed by atoms with Gasteiger partial charge in [-0.2, -0.15) is 0 Å². The Kier molecular flexibility index (Phi) is 17.6. The second-order valence-corrected chi connectivity index (χ2v) is 7.00. The number of allylic oxidation sites excluding steroid dienone is 1. The fourth-order valence-electron chi connectivity index (χ4n) is 3.08. The van der Waals surface area contributed by atoms with E-state index in [-0.39, 0.29) is 0 Å². The molecule has 0 fully saturated rings. The van der Waals surface area contributed by atoms with Crippen LogP contribution in [-0.4, -0.2) is 0 Å². The zero-order chi connectivity index (χ0) is 15.6. The highest BCUT2D eigenvalue weighted by atomic mass is 14.1. The highest BCUT2D eigenvalue weighted by Gasteiger charge is 2.01. The molecule has 0 heteroatoms. The number of rotatable bonds is 17. The summed E-state index contributed by atoms with van der Waals surface area (Å²) in [5, 5.41) is 0. The Balaban J connectivity index is 3.10. The first-order valence-corrected chi connectivity index (χ1v) is 9.92. The lowest BCUT2D eigenvalue weighted by Gasteiger charge is -2.10. The van der Waals surface area contributed by atoms with Crippen LogP contribution in [0, 0.1) is 5.92 Å². The molecule has 0 heterocycles. The molecule has 0 N–H and O–H groups in total. The van der Waals surface area contributed by atoms with Crippen LogP contribution in [0.3, 0.4) is 0 Å². The SMILES string of the molecule is C=CCCCCCC(C)CCCCCCCCCCCC. The molecule has 0 spiro atoms. The van der Waals surface area contributed by atoms with Crippen molar-refractivity contribution >= 4 is 0 Å². The molecule has 0 rings (SSSR count). The lowest BCUT2D eigenvalue weighted by atomic mass is 9.96. The molecule has 0 saturated carbocycles. The van der Waals surface area contributed by atoms with Crippen molar-refractivity contribution in [3.63, 3.8) is 0 Å². The molecule has 0 aliphatic carbocycles. The highest BCUT2D eigenvalue weighted by molar-refractivity contribution is 4.65. The van der Waals surface area contributed by atoms with Gasteiger partial charge in [-0.3, -0.25) is 0 Å². The number of hydrogen-bond acceptors (Lipinski definition) is 0. The first-order chi connectivity index (χ1) is 10.3. The normalized spacial score (nSPS) is 12.5. The van der Waals surface area contributed by atoms with Gasteiger partial charge in [0.1, 0.15) is 0 Å². The van der Waals surface area contributed by atoms with Gasteiger partial charge in [0.05, 0.1) is 0 Å². The third-order valence-electron chi connectivity index (χ3n) is 4.66. The van der Waals surface area contributed by atoms with Crippen molar-refractivity contribution in [1.82, 2.24) is 0 Å². The van der Waals surface area contributed by atoms with E-state index in [2.05, 4.69) is 20.4 Å². The molecule has 0 aromatic carbocycles. The van der Waals surface area contributed by atoms with Crippen molar-refractivity contribution in [2.45, 2.75) is 117 Å². The van der Waals surface area contributed by atoms with E-state index < -0.39 is 0 Å². The molecule has 0 amide bonds. The fourth-order valence-corrected chi connectivity index (χ4v) is 3.08. The van der Waals surface area contributed by atoms with Gasteiger partial charge in [-0.15, -0.1) is 6.58 Å². The Labute approximate surface area is 135 Å². The predicted octanol–water partition coefficient (Wildman–Crippen LogP) is 8.07. The summed E-state index contributed by atoms with van der Waals surface area (Å²) in [6.07, 6.45) is 24.9. The molecule has 1 atom stereocenters. The Morgan fingerprint density at radius 3 is 1.57 bits per heavy atom. The molecule has 21 heavy (non-hydrogen) atoms. The maximum Gasteiger partial charge on any atom is -0.0353 e. The lowest BCUT2D eigenvalue weighted by molar-refractivity contribution is 0.434. The molecule has 0 saturated heterocycles. The second-order valence-electron chi connectivity index (χ2n) is 7.00. The maximum absolute atomic E-state index is 3.78. The molecule has 0 aromatic heterocycles. The molecule has 0 bridgehead atoms. The van der Waals surface area contributed by atoms with Gasteiger partial charge in [-0.25, -0.2) is 0 Å². The topological polar surface area (TPSA) is 0 Å². The van der Waals surface area contributed by atoms with Crippen LogP contribution in [0.1, 0.15) is 117 Å². The van der Waals surface area contributed by atoms with Crippen molar-refractivity contribution in [2.24, 2.45) is 5.92 Å². The van der Waals surface area contributed by atoms with Crippen molar-refractivity contribution in [3.8, 4) is 0 Å². The van der Waals surface area contributed by atoms with Crippen LogP contribution in [0.25, 0.3) is 0 Å². The van der Waals surface area contributed by atoms with E-state index in [1.54, 1.807) is 0 Å². The molecule has 0 aromatic rings. The van der Waals surface area contributed by atoms with Gasteiger partial charge in [-0.1, -0.05) is 110 Å². The monoisotopic (exact) mass is 294 g/mol. The summed E-state index contributed by atoms with van der Waals surface area (Å²) in [5.74, 6) is 0.947. The zero-order valence-corrected chi connectivity index (χ0v) is 15.2. The molecule has 0 aliphatic rings. The predicted molar refractivity (Wildman–Crippen MR) is 98.9 cm³/mol. The van der Waals surface area contributed by atoms with Crippen LogP contribution in [-0.2, 0) is 0 Å². The molecular formula is C21H42. The summed E-state index contributed by atoms with van der Waals surface area (Å²) in [5.41, 5.74) is 0. The summed E-state index contributed by atoms with van der Waals surface area (Å²) < 4.78 is 0. The van der Waals surface area contributed by atoms with Gasteiger partial charge in [0.25, 0.3) is 0 Å². The summed E-state index contributed by atoms with van der Waals surface area (Å²) in [4.78, 5) is 0. The van der Waals surface area contributed by atoms with Crippen molar-refractivity contribution in [2.75, 3.05) is 0 Å². The Hall–Kier alpha value is -0.260. The van der Waals surface area contributed by atoms with Crippen LogP contribution in [0.2, 0.25) is 0 Å². The molecular weight excluding hydrogens is 252 g/mol. The Bertz CT molecular complexity index is 194. The largest absolute Gasteiger partial charge is 0.103 e. The lowest BCUT2D eigenvalue weighted by Crippen LogP contribution is -1.95. The minimum Gasteiger partial charge on any atom is -0.103 e. The van der Waals surface area contributed by atoms with Gasteiger partial charge >= 0.3 is 0 Å². The van der Waals surface area contributed by atoms with Gasteiger partial charge in [0, 0.05) is 0 Å². The average molecular weight is 295 g/mol. The Morgan fingerprint density at radius 2 is 1.10 bits per heavy atom. The van der Waals surface area contributed by atoms with Crippen molar-refractivity contribution < 1.29 is 0 Å². The molecule has 0 radical (unpaired) electrons. The average Bonchev–Trinajstić information content (AvgIpc) is 2.49. The minimum atomic E-state index is 0.947. The van der Waals surface area contributed by atoms with E-state index in [1.165, 1.54) is 103 Å². The summed E-state index contributed by atoms with van der Waals surface area (Å²) in [7, 11) is 0. The summed E-state index contributed by atoms with van der Waals surface area (Å²) in [6.45, 7) is 8.52. The van der Waals surface area contributed by atoms with Crippen LogP contribution in [0.5, 0.6) is 0 Å². The van der Waals surface area contributed by atoms with E-state index in [0.29, 0.717) is 0 Å². The Morgan fingerprint density at radius 1 is 0.667 bits per heavy atom. The van der Waals surface area contributed by atoms with E-state index in [0.717, 1.165) is 5.92 Å². The first kappa shape index (κ1) is 20.7. The van der Waals surface area contributed by atoms with Crippen LogP contribution in [0.15, 0.2) is 12.7 Å². The second kappa shape index (κ2) is 17.8. The van der Waals surface area contributed by atoms with E-state index in [9.17, 15) is 0 Å². The summed E-state index contributed by atoms with van der Waals surface area (Å²) in [6, 6.07) is 0. The summed E-state index contributed by atoms with van der Waals surface area (Å²) >= 11 is 0.